The maximum absolute atomic E-state index is 13.0. The number of rotatable bonds is 6. The molecular formula is C20H16ClN5O3S. The van der Waals surface area contributed by atoms with Gasteiger partial charge in [-0.2, -0.15) is 5.10 Å². The van der Waals surface area contributed by atoms with E-state index in [-0.39, 0.29) is 17.2 Å². The second kappa shape index (κ2) is 8.60. The van der Waals surface area contributed by atoms with Crippen LogP contribution >= 0.6 is 23.4 Å². The smallest absolute Gasteiger partial charge is 0.269 e. The van der Waals surface area contributed by atoms with Gasteiger partial charge in [0, 0.05) is 5.69 Å². The molecule has 0 aliphatic carbocycles. The molecular weight excluding hydrogens is 426 g/mol. The Balaban J connectivity index is 1.58. The number of benzene rings is 2. The largest absolute Gasteiger partial charge is 0.495 e. The van der Waals surface area contributed by atoms with Crippen molar-refractivity contribution < 1.29 is 9.53 Å². The number of carbonyl (C=O) groups is 1. The summed E-state index contributed by atoms with van der Waals surface area (Å²) < 4.78 is 6.58. The van der Waals surface area contributed by atoms with Crippen LogP contribution in [0.4, 0.5) is 5.69 Å². The molecule has 2 aromatic heterocycles. The standard InChI is InChI=1S/C20H16ClN5O3S/c1-29-16-8-7-12(9-15(16)21)23-17(27)11-30-20-24-18-14(10-22-25-18)19(28)26(20)13-5-3-2-4-6-13/h2-10H,11H2,1H3,(H,22,25)(H,23,27). The Bertz CT molecular complexity index is 1270. The maximum atomic E-state index is 13.0. The molecule has 0 aliphatic rings. The molecule has 2 N–H and O–H groups in total. The van der Waals surface area contributed by atoms with Gasteiger partial charge in [0.2, 0.25) is 5.91 Å². The zero-order valence-electron chi connectivity index (χ0n) is 15.8. The Morgan fingerprint density at radius 2 is 2.07 bits per heavy atom. The SMILES string of the molecule is COc1ccc(NC(=O)CSc2nc3[nH]ncc3c(=O)n2-c2ccccc2)cc1Cl. The van der Waals surface area contributed by atoms with Gasteiger partial charge in [-0.15, -0.1) is 0 Å². The summed E-state index contributed by atoms with van der Waals surface area (Å²) in [5.74, 6) is 0.301. The van der Waals surface area contributed by atoms with Crippen molar-refractivity contribution in [2.75, 3.05) is 18.2 Å². The van der Waals surface area contributed by atoms with Crippen LogP contribution in [-0.4, -0.2) is 38.5 Å². The highest BCUT2D eigenvalue weighted by atomic mass is 35.5. The molecule has 8 nitrogen and oxygen atoms in total. The summed E-state index contributed by atoms with van der Waals surface area (Å²) in [5, 5.41) is 10.5. The number of fused-ring (bicyclic) bond motifs is 1. The van der Waals surface area contributed by atoms with Crippen LogP contribution < -0.4 is 15.6 Å². The van der Waals surface area contributed by atoms with Crippen LogP contribution in [0.3, 0.4) is 0 Å². The van der Waals surface area contributed by atoms with Crippen molar-refractivity contribution in [2.24, 2.45) is 0 Å². The van der Waals surface area contributed by atoms with Crippen LogP contribution in [-0.2, 0) is 4.79 Å². The molecule has 30 heavy (non-hydrogen) atoms. The van der Waals surface area contributed by atoms with Crippen LogP contribution in [0.2, 0.25) is 5.02 Å². The number of nitrogens with one attached hydrogen (secondary N) is 2. The van der Waals surface area contributed by atoms with E-state index in [0.717, 1.165) is 11.8 Å². The molecule has 0 atom stereocenters. The molecule has 0 saturated heterocycles. The average Bonchev–Trinajstić information content (AvgIpc) is 3.22. The van der Waals surface area contributed by atoms with Gasteiger partial charge in [-0.3, -0.25) is 19.3 Å². The molecule has 0 spiro atoms. The number of hydrogen-bond acceptors (Lipinski definition) is 6. The zero-order chi connectivity index (χ0) is 21.1. The third kappa shape index (κ3) is 4.03. The van der Waals surface area contributed by atoms with Gasteiger partial charge in [-0.05, 0) is 30.3 Å². The summed E-state index contributed by atoms with van der Waals surface area (Å²) in [5.41, 5.74) is 1.31. The maximum Gasteiger partial charge on any atom is 0.269 e. The number of nitrogens with zero attached hydrogens (tertiary/aromatic N) is 3. The number of hydrogen-bond donors (Lipinski definition) is 2. The number of ether oxygens (including phenoxy) is 1. The minimum Gasteiger partial charge on any atom is -0.495 e. The van der Waals surface area contributed by atoms with Crippen molar-refractivity contribution in [3.05, 3.63) is 70.1 Å². The number of thioether (sulfide) groups is 1. The summed E-state index contributed by atoms with van der Waals surface area (Å²) in [4.78, 5) is 29.9. The van der Waals surface area contributed by atoms with Crippen molar-refractivity contribution in [1.29, 1.82) is 0 Å². The average molecular weight is 442 g/mol. The molecule has 4 rings (SSSR count). The van der Waals surface area contributed by atoms with E-state index in [0.29, 0.717) is 38.3 Å². The van der Waals surface area contributed by atoms with E-state index in [9.17, 15) is 9.59 Å². The fraction of sp³-hybridized carbons (Fsp3) is 0.100. The third-order valence-corrected chi connectivity index (χ3v) is 5.47. The summed E-state index contributed by atoms with van der Waals surface area (Å²) in [6.45, 7) is 0. The molecule has 152 valence electrons. The second-order valence-electron chi connectivity index (χ2n) is 6.19. The highest BCUT2D eigenvalue weighted by Gasteiger charge is 2.16. The lowest BCUT2D eigenvalue weighted by atomic mass is 10.3. The lowest BCUT2D eigenvalue weighted by Crippen LogP contribution is -2.22. The number of H-pyrrole nitrogens is 1. The van der Waals surface area contributed by atoms with E-state index in [4.69, 9.17) is 16.3 Å². The van der Waals surface area contributed by atoms with Crippen LogP contribution in [0.5, 0.6) is 5.75 Å². The number of aromatic nitrogens is 4. The number of amides is 1. The second-order valence-corrected chi connectivity index (χ2v) is 7.54. The van der Waals surface area contributed by atoms with Crippen LogP contribution in [0.1, 0.15) is 0 Å². The van der Waals surface area contributed by atoms with Gasteiger partial charge in [0.1, 0.15) is 11.1 Å². The van der Waals surface area contributed by atoms with Crippen LogP contribution in [0.25, 0.3) is 16.7 Å². The van der Waals surface area contributed by atoms with Crippen molar-refractivity contribution in [3.8, 4) is 11.4 Å². The molecule has 2 aromatic carbocycles. The van der Waals surface area contributed by atoms with Gasteiger partial charge in [0.15, 0.2) is 10.8 Å². The lowest BCUT2D eigenvalue weighted by molar-refractivity contribution is -0.113. The number of anilines is 1. The highest BCUT2D eigenvalue weighted by Crippen LogP contribution is 2.27. The van der Waals surface area contributed by atoms with Gasteiger partial charge < -0.3 is 10.1 Å². The number of para-hydroxylation sites is 1. The summed E-state index contributed by atoms with van der Waals surface area (Å²) >= 11 is 7.25. The fourth-order valence-corrected chi connectivity index (χ4v) is 3.91. The third-order valence-electron chi connectivity index (χ3n) is 4.23. The highest BCUT2D eigenvalue weighted by molar-refractivity contribution is 7.99. The van der Waals surface area contributed by atoms with Crippen molar-refractivity contribution in [1.82, 2.24) is 19.7 Å². The van der Waals surface area contributed by atoms with E-state index in [1.807, 2.05) is 18.2 Å². The van der Waals surface area contributed by atoms with E-state index >= 15 is 0 Å². The Hall–Kier alpha value is -3.30. The Labute approximate surface area is 180 Å². The predicted molar refractivity (Wildman–Crippen MR) is 117 cm³/mol. The van der Waals surface area contributed by atoms with Gasteiger partial charge in [-0.25, -0.2) is 4.98 Å². The Morgan fingerprint density at radius 1 is 1.27 bits per heavy atom. The molecule has 0 saturated carbocycles. The molecule has 0 fully saturated rings. The number of carbonyl (C=O) groups excluding carboxylic acids is 1. The van der Waals surface area contributed by atoms with E-state index in [2.05, 4.69) is 20.5 Å². The first-order valence-corrected chi connectivity index (χ1v) is 10.2. The normalized spacial score (nSPS) is 10.9. The summed E-state index contributed by atoms with van der Waals surface area (Å²) in [7, 11) is 1.52. The molecule has 4 aromatic rings. The first-order valence-electron chi connectivity index (χ1n) is 8.84. The molecule has 0 radical (unpaired) electrons. The first kappa shape index (κ1) is 20.0. The van der Waals surface area contributed by atoms with Crippen LogP contribution in [0, 0.1) is 0 Å². The quantitative estimate of drug-likeness (QED) is 0.350. The molecule has 0 aliphatic heterocycles. The minimum absolute atomic E-state index is 0.0442. The van der Waals surface area contributed by atoms with Crippen molar-refractivity contribution in [3.63, 3.8) is 0 Å². The van der Waals surface area contributed by atoms with Gasteiger partial charge in [0.25, 0.3) is 5.56 Å². The van der Waals surface area contributed by atoms with Gasteiger partial charge in [0.05, 0.1) is 29.8 Å². The lowest BCUT2D eigenvalue weighted by Gasteiger charge is -2.12. The van der Waals surface area contributed by atoms with E-state index in [1.165, 1.54) is 17.9 Å². The Kier molecular flexibility index (Phi) is 5.73. The molecule has 1 amide bonds. The molecule has 0 bridgehead atoms. The zero-order valence-corrected chi connectivity index (χ0v) is 17.3. The summed E-state index contributed by atoms with van der Waals surface area (Å²) in [6, 6.07) is 14.1. The fourth-order valence-electron chi connectivity index (χ4n) is 2.85. The van der Waals surface area contributed by atoms with Crippen molar-refractivity contribution in [2.45, 2.75) is 5.16 Å². The first-order chi connectivity index (χ1) is 14.6. The topological polar surface area (TPSA) is 102 Å². The van der Waals surface area contributed by atoms with E-state index < -0.39 is 0 Å². The Morgan fingerprint density at radius 3 is 2.80 bits per heavy atom. The molecule has 10 heteroatoms. The van der Waals surface area contributed by atoms with E-state index in [1.54, 1.807) is 30.3 Å². The van der Waals surface area contributed by atoms with Gasteiger partial charge in [-0.1, -0.05) is 41.6 Å². The monoisotopic (exact) mass is 441 g/mol. The molecule has 2 heterocycles. The van der Waals surface area contributed by atoms with Crippen molar-refractivity contribution >= 4 is 46.0 Å². The number of methoxy groups -OCH3 is 1. The minimum atomic E-state index is -0.264. The van der Waals surface area contributed by atoms with Gasteiger partial charge >= 0.3 is 0 Å². The summed E-state index contributed by atoms with van der Waals surface area (Å²) in [6.07, 6.45) is 1.44. The molecule has 0 unspecified atom stereocenters. The predicted octanol–water partition coefficient (Wildman–Crippen LogP) is 3.50. The number of halogens is 1. The number of aromatic amines is 1. The van der Waals surface area contributed by atoms with Crippen LogP contribution in [0.15, 0.2) is 64.7 Å².